The fraction of sp³-hybridized carbons (Fsp3) is 1.00. The van der Waals surface area contributed by atoms with Gasteiger partial charge in [0.25, 0.3) is 0 Å². The highest BCUT2D eigenvalue weighted by atomic mass is 31.2. The van der Waals surface area contributed by atoms with E-state index in [0.29, 0.717) is 13.2 Å². The Bertz CT molecular complexity index is 94.3. The Morgan fingerprint density at radius 1 is 1.08 bits per heavy atom. The molecule has 0 N–H and O–H groups in total. The lowest BCUT2D eigenvalue weighted by atomic mass is 10.3. The fourth-order valence-electron chi connectivity index (χ4n) is 0.530. The lowest BCUT2D eigenvalue weighted by Crippen LogP contribution is -2.05. The summed E-state index contributed by atoms with van der Waals surface area (Å²) in [6.07, 6.45) is 1.20. The first-order valence-electron chi connectivity index (χ1n) is 4.47. The summed E-state index contributed by atoms with van der Waals surface area (Å²) in [4.78, 5) is 0. The van der Waals surface area contributed by atoms with Crippen molar-refractivity contribution in [1.29, 1.82) is 0 Å². The summed E-state index contributed by atoms with van der Waals surface area (Å²) in [5.41, 5.74) is 0. The van der Waals surface area contributed by atoms with Crippen LogP contribution in [0.15, 0.2) is 0 Å². The third-order valence-electron chi connectivity index (χ3n) is 1.31. The van der Waals surface area contributed by atoms with E-state index in [1.165, 1.54) is 0 Å². The molecule has 0 aromatic carbocycles. The van der Waals surface area contributed by atoms with Gasteiger partial charge in [0.1, 0.15) is 0 Å². The first-order chi connectivity index (χ1) is 5.74. The molecular weight excluding hydrogens is 175 g/mol. The minimum Gasteiger partial charge on any atom is -0.313 e. The summed E-state index contributed by atoms with van der Waals surface area (Å²) < 4.78 is 16.1. The zero-order valence-electron chi connectivity index (χ0n) is 8.37. The SMILES string of the molecule is CCOP(OCC)O[C@@H](C)CC. The molecule has 0 heterocycles. The molecular formula is C8H19O3P. The zero-order valence-corrected chi connectivity index (χ0v) is 9.27. The lowest BCUT2D eigenvalue weighted by Gasteiger charge is -2.18. The summed E-state index contributed by atoms with van der Waals surface area (Å²) >= 11 is 0. The molecule has 0 fully saturated rings. The molecule has 0 saturated heterocycles. The van der Waals surface area contributed by atoms with Crippen LogP contribution in [0.25, 0.3) is 0 Å². The van der Waals surface area contributed by atoms with E-state index in [2.05, 4.69) is 6.92 Å². The molecule has 4 heteroatoms. The number of hydrogen-bond donors (Lipinski definition) is 0. The molecule has 0 aliphatic rings. The van der Waals surface area contributed by atoms with E-state index in [1.807, 2.05) is 20.8 Å². The molecule has 0 aliphatic heterocycles. The van der Waals surface area contributed by atoms with Crippen LogP contribution in [0.3, 0.4) is 0 Å². The number of rotatable bonds is 7. The van der Waals surface area contributed by atoms with E-state index < -0.39 is 8.60 Å². The van der Waals surface area contributed by atoms with Gasteiger partial charge in [0.15, 0.2) is 0 Å². The van der Waals surface area contributed by atoms with Crippen LogP contribution in [-0.4, -0.2) is 19.3 Å². The van der Waals surface area contributed by atoms with Crippen LogP contribution in [0.5, 0.6) is 0 Å². The largest absolute Gasteiger partial charge is 0.332 e. The molecule has 0 saturated carbocycles. The Hall–Kier alpha value is 0.310. The van der Waals surface area contributed by atoms with Gasteiger partial charge in [-0.3, -0.25) is 0 Å². The number of hydrogen-bond acceptors (Lipinski definition) is 3. The topological polar surface area (TPSA) is 27.7 Å². The van der Waals surface area contributed by atoms with Crippen LogP contribution in [-0.2, 0) is 13.6 Å². The van der Waals surface area contributed by atoms with Gasteiger partial charge in [-0.2, -0.15) is 0 Å². The van der Waals surface area contributed by atoms with Crippen molar-refractivity contribution in [3.8, 4) is 0 Å². The van der Waals surface area contributed by atoms with Gasteiger partial charge in [-0.15, -0.1) is 0 Å². The Morgan fingerprint density at radius 3 is 1.92 bits per heavy atom. The fourth-order valence-corrected chi connectivity index (χ4v) is 1.59. The third kappa shape index (κ3) is 5.90. The van der Waals surface area contributed by atoms with Crippen molar-refractivity contribution < 1.29 is 13.6 Å². The molecule has 0 aromatic rings. The monoisotopic (exact) mass is 194 g/mol. The van der Waals surface area contributed by atoms with Gasteiger partial charge in [-0.1, -0.05) is 6.92 Å². The zero-order chi connectivity index (χ0) is 9.40. The third-order valence-corrected chi connectivity index (χ3v) is 2.78. The molecule has 3 nitrogen and oxygen atoms in total. The highest BCUT2D eigenvalue weighted by molar-refractivity contribution is 7.41. The predicted molar refractivity (Wildman–Crippen MR) is 51.0 cm³/mol. The second kappa shape index (κ2) is 7.93. The predicted octanol–water partition coefficient (Wildman–Crippen LogP) is 3.10. The lowest BCUT2D eigenvalue weighted by molar-refractivity contribution is 0.131. The van der Waals surface area contributed by atoms with Crippen molar-refractivity contribution in [3.05, 3.63) is 0 Å². The van der Waals surface area contributed by atoms with E-state index in [9.17, 15) is 0 Å². The van der Waals surface area contributed by atoms with Gasteiger partial charge >= 0.3 is 8.60 Å². The minimum absolute atomic E-state index is 0.217. The maximum Gasteiger partial charge on any atom is 0.332 e. The molecule has 1 atom stereocenters. The van der Waals surface area contributed by atoms with Crippen LogP contribution in [0.1, 0.15) is 34.1 Å². The van der Waals surface area contributed by atoms with Crippen LogP contribution in [0.4, 0.5) is 0 Å². The molecule has 0 spiro atoms. The molecule has 0 aliphatic carbocycles. The van der Waals surface area contributed by atoms with Crippen molar-refractivity contribution in [1.82, 2.24) is 0 Å². The van der Waals surface area contributed by atoms with Gasteiger partial charge in [0, 0.05) is 0 Å². The van der Waals surface area contributed by atoms with Crippen molar-refractivity contribution >= 4 is 8.60 Å². The van der Waals surface area contributed by atoms with Gasteiger partial charge in [-0.25, -0.2) is 0 Å². The molecule has 74 valence electrons. The first kappa shape index (κ1) is 12.3. The Morgan fingerprint density at radius 2 is 1.58 bits per heavy atom. The second-order valence-electron chi connectivity index (χ2n) is 2.38. The summed E-state index contributed by atoms with van der Waals surface area (Å²) in [5.74, 6) is 0. The summed E-state index contributed by atoms with van der Waals surface area (Å²) in [7, 11) is -1.11. The summed E-state index contributed by atoms with van der Waals surface area (Å²) in [6.45, 7) is 9.26. The van der Waals surface area contributed by atoms with E-state index in [1.54, 1.807) is 0 Å². The second-order valence-corrected chi connectivity index (χ2v) is 3.56. The van der Waals surface area contributed by atoms with E-state index in [0.717, 1.165) is 6.42 Å². The van der Waals surface area contributed by atoms with Crippen LogP contribution in [0.2, 0.25) is 0 Å². The van der Waals surface area contributed by atoms with Gasteiger partial charge in [0.2, 0.25) is 0 Å². The standard InChI is InChI=1S/C8H19O3P/c1-5-8(4)11-12(9-6-2)10-7-3/h8H,5-7H2,1-4H3/t8-/m0/s1. The van der Waals surface area contributed by atoms with Crippen LogP contribution in [0, 0.1) is 0 Å². The van der Waals surface area contributed by atoms with Crippen molar-refractivity contribution in [2.45, 2.75) is 40.2 Å². The van der Waals surface area contributed by atoms with Gasteiger partial charge < -0.3 is 13.6 Å². The van der Waals surface area contributed by atoms with Crippen molar-refractivity contribution in [3.63, 3.8) is 0 Å². The molecule has 0 radical (unpaired) electrons. The molecule has 0 unspecified atom stereocenters. The molecule has 0 amide bonds. The molecule has 0 rings (SSSR count). The Balaban J connectivity index is 3.61. The quantitative estimate of drug-likeness (QED) is 0.583. The van der Waals surface area contributed by atoms with E-state index >= 15 is 0 Å². The summed E-state index contributed by atoms with van der Waals surface area (Å²) in [6, 6.07) is 0. The minimum atomic E-state index is -1.11. The van der Waals surface area contributed by atoms with Gasteiger partial charge in [-0.05, 0) is 27.2 Å². The smallest absolute Gasteiger partial charge is 0.313 e. The van der Waals surface area contributed by atoms with Gasteiger partial charge in [0.05, 0.1) is 19.3 Å². The maximum absolute atomic E-state index is 5.50. The average molecular weight is 194 g/mol. The highest BCUT2D eigenvalue weighted by Gasteiger charge is 2.13. The normalized spacial score (nSPS) is 13.8. The summed E-state index contributed by atoms with van der Waals surface area (Å²) in [5, 5.41) is 0. The molecule has 0 bridgehead atoms. The van der Waals surface area contributed by atoms with Crippen LogP contribution >= 0.6 is 8.60 Å². The molecule has 12 heavy (non-hydrogen) atoms. The van der Waals surface area contributed by atoms with Crippen molar-refractivity contribution in [2.75, 3.05) is 13.2 Å². The van der Waals surface area contributed by atoms with Crippen LogP contribution < -0.4 is 0 Å². The Kier molecular flexibility index (Phi) is 8.14. The van der Waals surface area contributed by atoms with Crippen molar-refractivity contribution in [2.24, 2.45) is 0 Å². The maximum atomic E-state index is 5.50. The van der Waals surface area contributed by atoms with E-state index in [-0.39, 0.29) is 6.10 Å². The van der Waals surface area contributed by atoms with E-state index in [4.69, 9.17) is 13.6 Å². The average Bonchev–Trinajstić information content (AvgIpc) is 2.05. The first-order valence-corrected chi connectivity index (χ1v) is 5.56. The Labute approximate surface area is 76.4 Å². The molecule has 0 aromatic heterocycles. The highest BCUT2D eigenvalue weighted by Crippen LogP contribution is 2.40.